The number of primary amides is 1. The first-order valence-corrected chi connectivity index (χ1v) is 21.3. The molecule has 2 aromatic rings. The van der Waals surface area contributed by atoms with Crippen LogP contribution in [0.3, 0.4) is 0 Å². The van der Waals surface area contributed by atoms with Crippen molar-refractivity contribution in [3.63, 3.8) is 0 Å². The Labute approximate surface area is 386 Å². The average Bonchev–Trinajstić information content (AvgIpc) is 3.28. The third kappa shape index (κ3) is 19.5. The highest BCUT2D eigenvalue weighted by Crippen LogP contribution is 2.20. The minimum Gasteiger partial charge on any atom is -0.480 e. The van der Waals surface area contributed by atoms with Gasteiger partial charge in [0.2, 0.25) is 47.3 Å². The molecule has 0 saturated heterocycles. The van der Waals surface area contributed by atoms with E-state index in [4.69, 9.17) is 11.5 Å². The fourth-order valence-corrected chi connectivity index (χ4v) is 6.16. The van der Waals surface area contributed by atoms with Gasteiger partial charge in [0, 0.05) is 12.0 Å². The van der Waals surface area contributed by atoms with E-state index in [9.17, 15) is 68.4 Å². The Morgan fingerprint density at radius 1 is 0.552 bits per heavy atom. The second-order valence-corrected chi connectivity index (χ2v) is 15.6. The summed E-state index contributed by atoms with van der Waals surface area (Å²) in [6.07, 6.45) is -4.58. The lowest BCUT2D eigenvalue weighted by Gasteiger charge is -2.26. The fraction of sp³-hybridized carbons (Fsp3) is 0.488. The van der Waals surface area contributed by atoms with E-state index in [2.05, 4.69) is 42.5 Å². The molecule has 0 saturated carbocycles. The summed E-state index contributed by atoms with van der Waals surface area (Å²) in [6.45, 7) is 3.38. The number of carboxylic acid groups (broad SMARTS) is 1. The predicted octanol–water partition coefficient (Wildman–Crippen LogP) is -4.25. The number of aliphatic carboxylic acids is 1. The number of hydrogen-bond donors (Lipinski definition) is 14. The molecule has 0 spiro atoms. The number of nitrogens with one attached hydrogen (secondary N) is 8. The van der Waals surface area contributed by atoms with Gasteiger partial charge < -0.3 is 74.4 Å². The van der Waals surface area contributed by atoms with Crippen LogP contribution in [0, 0.1) is 0 Å². The number of carboxylic acids is 1. The van der Waals surface area contributed by atoms with Gasteiger partial charge in [-0.15, -0.1) is 0 Å². The first kappa shape index (κ1) is 56.1. The van der Waals surface area contributed by atoms with Crippen LogP contribution in [-0.4, -0.2) is 154 Å². The molecule has 9 amide bonds. The Hall–Kier alpha value is -7.02. The molecule has 0 aliphatic heterocycles. The summed E-state index contributed by atoms with van der Waals surface area (Å²) in [5.74, 6) is -9.93. The molecule has 9 atom stereocenters. The molecule has 0 aliphatic rings. The van der Waals surface area contributed by atoms with Crippen LogP contribution < -0.4 is 54.0 Å². The van der Waals surface area contributed by atoms with Crippen LogP contribution in [0.25, 0.3) is 11.1 Å². The van der Waals surface area contributed by atoms with Crippen LogP contribution in [0.4, 0.5) is 0 Å². The average molecular weight is 943 g/mol. The van der Waals surface area contributed by atoms with Gasteiger partial charge in [0.05, 0.1) is 31.4 Å². The number of carbonyl (C=O) groups excluding carboxylic acids is 9. The smallest absolute Gasteiger partial charge is 0.328 e. The minimum absolute atomic E-state index is 0.0196. The van der Waals surface area contributed by atoms with Gasteiger partial charge in [0.25, 0.3) is 5.91 Å². The highest BCUT2D eigenvalue weighted by molar-refractivity contribution is 6.00. The summed E-state index contributed by atoms with van der Waals surface area (Å²) in [7, 11) is 0. The Morgan fingerprint density at radius 2 is 1.06 bits per heavy atom. The molecule has 0 aromatic heterocycles. The van der Waals surface area contributed by atoms with Crippen molar-refractivity contribution in [1.82, 2.24) is 42.5 Å². The SMILES string of the molecule is C[C@H](NC(=O)c1cccc(-c2ccccc2)c1)C(=O)N[C@@H](CCC(N)=O)C(=O)N[C@H](C(=O)NCC(=O)N[C@H](C(=O)NCC(=O)N[C@@H](CCCCN)C(=O)N[C@H](C(=O)O)[C@@H](C)O)[C@@H](C)O)[C@@H](C)O. The summed E-state index contributed by atoms with van der Waals surface area (Å²) >= 11 is 0. The van der Waals surface area contributed by atoms with E-state index < -0.39 is 133 Å². The third-order valence-electron chi connectivity index (χ3n) is 9.92. The topological polar surface area (TPSA) is 400 Å². The van der Waals surface area contributed by atoms with E-state index in [0.29, 0.717) is 12.8 Å². The maximum absolute atomic E-state index is 13.4. The molecule has 2 rings (SSSR count). The van der Waals surface area contributed by atoms with Crippen molar-refractivity contribution in [2.24, 2.45) is 11.5 Å². The molecule has 368 valence electrons. The minimum atomic E-state index is -1.75. The second-order valence-electron chi connectivity index (χ2n) is 15.6. The van der Waals surface area contributed by atoms with Crippen molar-refractivity contribution in [2.75, 3.05) is 19.6 Å². The van der Waals surface area contributed by atoms with E-state index in [-0.39, 0.29) is 24.9 Å². The molecule has 24 heteroatoms. The van der Waals surface area contributed by atoms with E-state index in [0.717, 1.165) is 31.9 Å². The van der Waals surface area contributed by atoms with E-state index in [1.54, 1.807) is 18.2 Å². The number of rotatable bonds is 28. The van der Waals surface area contributed by atoms with Crippen molar-refractivity contribution in [2.45, 2.75) is 114 Å². The lowest BCUT2D eigenvalue weighted by Crippen LogP contribution is -2.60. The van der Waals surface area contributed by atoms with Gasteiger partial charge in [-0.2, -0.15) is 0 Å². The molecule has 0 bridgehead atoms. The van der Waals surface area contributed by atoms with E-state index >= 15 is 0 Å². The van der Waals surface area contributed by atoms with Crippen LogP contribution in [0.1, 0.15) is 70.2 Å². The van der Waals surface area contributed by atoms with Gasteiger partial charge in [-0.1, -0.05) is 42.5 Å². The summed E-state index contributed by atoms with van der Waals surface area (Å²) in [5.41, 5.74) is 12.6. The molecule has 0 heterocycles. The number of aliphatic hydroxyl groups excluding tert-OH is 3. The molecular formula is C43H62N10O14. The highest BCUT2D eigenvalue weighted by atomic mass is 16.4. The number of benzene rings is 2. The van der Waals surface area contributed by atoms with Crippen molar-refractivity contribution in [3.05, 3.63) is 60.2 Å². The molecule has 0 radical (unpaired) electrons. The molecule has 67 heavy (non-hydrogen) atoms. The van der Waals surface area contributed by atoms with Gasteiger partial charge in [-0.3, -0.25) is 43.2 Å². The highest BCUT2D eigenvalue weighted by Gasteiger charge is 2.33. The summed E-state index contributed by atoms with van der Waals surface area (Å²) in [4.78, 5) is 127. The lowest BCUT2D eigenvalue weighted by atomic mass is 10.0. The molecule has 0 aliphatic carbocycles. The van der Waals surface area contributed by atoms with Crippen molar-refractivity contribution in [1.29, 1.82) is 0 Å². The molecule has 16 N–H and O–H groups in total. The predicted molar refractivity (Wildman–Crippen MR) is 238 cm³/mol. The largest absolute Gasteiger partial charge is 0.480 e. The van der Waals surface area contributed by atoms with E-state index in [1.807, 2.05) is 36.4 Å². The Kier molecular flexibility index (Phi) is 23.5. The Morgan fingerprint density at radius 3 is 1.58 bits per heavy atom. The molecular weight excluding hydrogens is 881 g/mol. The lowest BCUT2D eigenvalue weighted by molar-refractivity contribution is -0.145. The van der Waals surface area contributed by atoms with Crippen LogP contribution >= 0.6 is 0 Å². The fourth-order valence-electron chi connectivity index (χ4n) is 6.16. The summed E-state index contributed by atoms with van der Waals surface area (Å²) in [5, 5.41) is 58.0. The first-order valence-electron chi connectivity index (χ1n) is 21.3. The summed E-state index contributed by atoms with van der Waals surface area (Å²) in [6, 6.07) is 6.76. The van der Waals surface area contributed by atoms with Crippen molar-refractivity contribution < 1.29 is 68.4 Å². The number of aliphatic hydroxyl groups is 3. The van der Waals surface area contributed by atoms with Gasteiger partial charge in [-0.25, -0.2) is 4.79 Å². The number of unbranched alkanes of at least 4 members (excludes halogenated alkanes) is 1. The van der Waals surface area contributed by atoms with Crippen molar-refractivity contribution >= 4 is 59.1 Å². The van der Waals surface area contributed by atoms with Crippen LogP contribution in [-0.2, 0) is 43.2 Å². The monoisotopic (exact) mass is 942 g/mol. The second kappa shape index (κ2) is 28.1. The molecule has 24 nitrogen and oxygen atoms in total. The normalized spacial score (nSPS) is 14.9. The van der Waals surface area contributed by atoms with Crippen LogP contribution in [0.2, 0.25) is 0 Å². The zero-order chi connectivity index (χ0) is 50.4. The number of carbonyl (C=O) groups is 10. The first-order chi connectivity index (χ1) is 31.5. The summed E-state index contributed by atoms with van der Waals surface area (Å²) < 4.78 is 0. The number of hydrogen-bond acceptors (Lipinski definition) is 14. The number of amides is 9. The Bertz CT molecular complexity index is 2050. The van der Waals surface area contributed by atoms with Crippen molar-refractivity contribution in [3.8, 4) is 11.1 Å². The van der Waals surface area contributed by atoms with Gasteiger partial charge in [0.1, 0.15) is 30.2 Å². The maximum atomic E-state index is 13.4. The number of nitrogens with two attached hydrogens (primary N) is 2. The van der Waals surface area contributed by atoms with Crippen LogP contribution in [0.15, 0.2) is 54.6 Å². The van der Waals surface area contributed by atoms with Gasteiger partial charge >= 0.3 is 5.97 Å². The van der Waals surface area contributed by atoms with Gasteiger partial charge in [0.15, 0.2) is 6.04 Å². The van der Waals surface area contributed by atoms with E-state index in [1.165, 1.54) is 6.92 Å². The molecule has 2 aromatic carbocycles. The zero-order valence-electron chi connectivity index (χ0n) is 37.6. The molecule has 0 fully saturated rings. The van der Waals surface area contributed by atoms with Crippen LogP contribution in [0.5, 0.6) is 0 Å². The molecule has 0 unspecified atom stereocenters. The quantitative estimate of drug-likeness (QED) is 0.0360. The Balaban J connectivity index is 2.03. The zero-order valence-corrected chi connectivity index (χ0v) is 37.6. The third-order valence-corrected chi connectivity index (χ3v) is 9.92. The van der Waals surface area contributed by atoms with Gasteiger partial charge in [-0.05, 0) is 83.2 Å². The standard InChI is InChI=1S/C43H62N10O14/c1-22(48-38(61)28-14-10-13-27(19-28)26-11-6-5-7-12-26)37(60)50-30(16-17-31(45)57)40(63)52-35(24(3)55)42(65)47-21-33(59)51-34(23(2)54)41(64)46-20-32(58)49-29(15-8-9-18-44)39(62)53-36(25(4)56)43(66)67/h5-7,10-14,19,22-25,29-30,34-36,54-56H,8-9,15-18,20-21,44H2,1-4H3,(H2,45,57)(H,46,64)(H,47,65)(H,48,61)(H,49,58)(H,50,60)(H,51,59)(H,52,63)(H,53,62)(H,66,67)/t22-,23+,24+,25+,29-,30-,34-,35-,36-/m0/s1. The maximum Gasteiger partial charge on any atom is 0.328 e.